The number of hydrogen-bond acceptors (Lipinski definition) is 1. The van der Waals surface area contributed by atoms with Gasteiger partial charge in [0.05, 0.1) is 0 Å². The lowest BCUT2D eigenvalue weighted by molar-refractivity contribution is 0.376. The molecule has 2 aliphatic rings. The van der Waals surface area contributed by atoms with E-state index in [9.17, 15) is 0 Å². The Balaban J connectivity index is 2.00. The predicted molar refractivity (Wildman–Crippen MR) is 56.5 cm³/mol. The first-order valence-electron chi connectivity index (χ1n) is 5.83. The summed E-state index contributed by atoms with van der Waals surface area (Å²) in [4.78, 5) is 0. The first-order valence-corrected chi connectivity index (χ1v) is 5.83. The van der Waals surface area contributed by atoms with Crippen LogP contribution in [-0.2, 0) is 0 Å². The molecular weight excluding hydrogens is 158 g/mol. The molecule has 1 saturated carbocycles. The summed E-state index contributed by atoms with van der Waals surface area (Å²) in [6.45, 7) is 0. The van der Waals surface area contributed by atoms with Crippen LogP contribution in [0.4, 0.5) is 0 Å². The van der Waals surface area contributed by atoms with Gasteiger partial charge in [-0.15, -0.1) is 0 Å². The second-order valence-corrected chi connectivity index (χ2v) is 4.58. The topological polar surface area (TPSA) is 26.0 Å². The zero-order chi connectivity index (χ0) is 9.10. The van der Waals surface area contributed by atoms with E-state index in [4.69, 9.17) is 5.73 Å². The molecule has 0 saturated heterocycles. The fourth-order valence-corrected chi connectivity index (χ4v) is 2.83. The largest absolute Gasteiger partial charge is 0.324 e. The van der Waals surface area contributed by atoms with E-state index in [-0.39, 0.29) is 0 Å². The predicted octanol–water partition coefficient (Wildman–Crippen LogP) is 3.00. The number of rotatable bonds is 1. The molecule has 1 atom stereocenters. The van der Waals surface area contributed by atoms with Crippen LogP contribution in [0.5, 0.6) is 0 Å². The Morgan fingerprint density at radius 1 is 1.00 bits per heavy atom. The lowest BCUT2D eigenvalue weighted by Crippen LogP contribution is -2.30. The second-order valence-electron chi connectivity index (χ2n) is 4.58. The Labute approximate surface area is 81.4 Å². The maximum atomic E-state index is 6.14. The summed E-state index contributed by atoms with van der Waals surface area (Å²) in [5.41, 5.74) is 7.74. The summed E-state index contributed by atoms with van der Waals surface area (Å²) in [6.07, 6.45) is 13.3. The van der Waals surface area contributed by atoms with Crippen LogP contribution < -0.4 is 5.73 Å². The molecule has 2 N–H and O–H groups in total. The Bertz CT molecular complexity index is 189. The fraction of sp³-hybridized carbons (Fsp3) is 0.833. The molecule has 0 bridgehead atoms. The smallest absolute Gasteiger partial charge is 0.0256 e. The monoisotopic (exact) mass is 179 g/mol. The van der Waals surface area contributed by atoms with E-state index in [0.717, 1.165) is 5.92 Å². The highest BCUT2D eigenvalue weighted by molar-refractivity contribution is 5.17. The average Bonchev–Trinajstić information content (AvgIpc) is 2.20. The van der Waals surface area contributed by atoms with Gasteiger partial charge in [0.25, 0.3) is 0 Å². The molecule has 0 radical (unpaired) electrons. The fourth-order valence-electron chi connectivity index (χ4n) is 2.83. The minimum absolute atomic E-state index is 0.400. The molecule has 1 fully saturated rings. The van der Waals surface area contributed by atoms with Gasteiger partial charge in [-0.1, -0.05) is 30.9 Å². The van der Waals surface area contributed by atoms with Gasteiger partial charge in [0.15, 0.2) is 0 Å². The van der Waals surface area contributed by atoms with Gasteiger partial charge in [-0.25, -0.2) is 0 Å². The Kier molecular flexibility index (Phi) is 3.05. The lowest BCUT2D eigenvalue weighted by Gasteiger charge is -2.30. The summed E-state index contributed by atoms with van der Waals surface area (Å²) < 4.78 is 0. The molecule has 0 aromatic rings. The molecule has 2 rings (SSSR count). The molecule has 0 amide bonds. The SMILES string of the molecule is NC1CCCC=C1C1CCCCC1. The molecule has 0 aromatic carbocycles. The highest BCUT2D eigenvalue weighted by Gasteiger charge is 2.23. The first kappa shape index (κ1) is 9.26. The number of nitrogens with two attached hydrogens (primary N) is 1. The summed E-state index contributed by atoms with van der Waals surface area (Å²) in [6, 6.07) is 0.400. The Morgan fingerprint density at radius 2 is 1.77 bits per heavy atom. The van der Waals surface area contributed by atoms with E-state index in [1.54, 1.807) is 5.57 Å². The van der Waals surface area contributed by atoms with Crippen molar-refractivity contribution in [3.05, 3.63) is 11.6 Å². The number of allylic oxidation sites excluding steroid dienone is 1. The van der Waals surface area contributed by atoms with Gasteiger partial charge in [0.1, 0.15) is 0 Å². The van der Waals surface area contributed by atoms with Gasteiger partial charge in [-0.2, -0.15) is 0 Å². The third-order valence-corrected chi connectivity index (χ3v) is 3.60. The van der Waals surface area contributed by atoms with Gasteiger partial charge in [-0.05, 0) is 38.0 Å². The molecule has 1 unspecified atom stereocenters. The van der Waals surface area contributed by atoms with Crippen molar-refractivity contribution >= 4 is 0 Å². The second kappa shape index (κ2) is 4.28. The molecule has 0 heterocycles. The van der Waals surface area contributed by atoms with Gasteiger partial charge < -0.3 is 5.73 Å². The van der Waals surface area contributed by atoms with Crippen LogP contribution in [0.2, 0.25) is 0 Å². The summed E-state index contributed by atoms with van der Waals surface area (Å²) in [5, 5.41) is 0. The van der Waals surface area contributed by atoms with E-state index < -0.39 is 0 Å². The molecular formula is C12H21N. The minimum atomic E-state index is 0.400. The van der Waals surface area contributed by atoms with Crippen LogP contribution in [0, 0.1) is 5.92 Å². The molecule has 0 aliphatic heterocycles. The van der Waals surface area contributed by atoms with Crippen molar-refractivity contribution in [2.24, 2.45) is 11.7 Å². The zero-order valence-electron chi connectivity index (χ0n) is 8.47. The maximum Gasteiger partial charge on any atom is 0.0256 e. The van der Waals surface area contributed by atoms with Crippen molar-refractivity contribution in [1.29, 1.82) is 0 Å². The zero-order valence-corrected chi connectivity index (χ0v) is 8.47. The summed E-state index contributed by atoms with van der Waals surface area (Å²) >= 11 is 0. The Hall–Kier alpha value is -0.300. The molecule has 13 heavy (non-hydrogen) atoms. The van der Waals surface area contributed by atoms with Crippen molar-refractivity contribution < 1.29 is 0 Å². The minimum Gasteiger partial charge on any atom is -0.324 e. The van der Waals surface area contributed by atoms with Crippen molar-refractivity contribution in [2.45, 2.75) is 57.4 Å². The van der Waals surface area contributed by atoms with Crippen LogP contribution in [0.15, 0.2) is 11.6 Å². The van der Waals surface area contributed by atoms with E-state index in [1.807, 2.05) is 0 Å². The van der Waals surface area contributed by atoms with Crippen LogP contribution in [0.25, 0.3) is 0 Å². The standard InChI is InChI=1S/C12H21N/c13-12-9-5-4-8-11(12)10-6-2-1-3-7-10/h8,10,12H,1-7,9,13H2. The molecule has 0 spiro atoms. The van der Waals surface area contributed by atoms with Crippen molar-refractivity contribution in [1.82, 2.24) is 0 Å². The maximum absolute atomic E-state index is 6.14. The average molecular weight is 179 g/mol. The van der Waals surface area contributed by atoms with E-state index in [2.05, 4.69) is 6.08 Å². The van der Waals surface area contributed by atoms with Crippen molar-refractivity contribution in [3.63, 3.8) is 0 Å². The molecule has 74 valence electrons. The van der Waals surface area contributed by atoms with E-state index >= 15 is 0 Å². The Morgan fingerprint density at radius 3 is 2.46 bits per heavy atom. The van der Waals surface area contributed by atoms with Crippen LogP contribution in [-0.4, -0.2) is 6.04 Å². The molecule has 1 heteroatoms. The van der Waals surface area contributed by atoms with Crippen LogP contribution in [0.1, 0.15) is 51.4 Å². The van der Waals surface area contributed by atoms with Crippen molar-refractivity contribution in [2.75, 3.05) is 0 Å². The first-order chi connectivity index (χ1) is 6.38. The van der Waals surface area contributed by atoms with E-state index in [1.165, 1.54) is 51.4 Å². The van der Waals surface area contributed by atoms with Gasteiger partial charge in [0.2, 0.25) is 0 Å². The number of hydrogen-bond donors (Lipinski definition) is 1. The summed E-state index contributed by atoms with van der Waals surface area (Å²) in [5.74, 6) is 0.851. The normalized spacial score (nSPS) is 31.5. The lowest BCUT2D eigenvalue weighted by atomic mass is 9.78. The summed E-state index contributed by atoms with van der Waals surface area (Å²) in [7, 11) is 0. The van der Waals surface area contributed by atoms with Gasteiger partial charge in [-0.3, -0.25) is 0 Å². The molecule has 0 aromatic heterocycles. The molecule has 2 aliphatic carbocycles. The molecule has 1 nitrogen and oxygen atoms in total. The highest BCUT2D eigenvalue weighted by Crippen LogP contribution is 2.34. The van der Waals surface area contributed by atoms with E-state index in [0.29, 0.717) is 6.04 Å². The third-order valence-electron chi connectivity index (χ3n) is 3.60. The quantitative estimate of drug-likeness (QED) is 0.615. The van der Waals surface area contributed by atoms with Crippen LogP contribution >= 0.6 is 0 Å². The van der Waals surface area contributed by atoms with Gasteiger partial charge in [0, 0.05) is 6.04 Å². The third kappa shape index (κ3) is 2.14. The van der Waals surface area contributed by atoms with Gasteiger partial charge >= 0.3 is 0 Å². The van der Waals surface area contributed by atoms with Crippen LogP contribution in [0.3, 0.4) is 0 Å². The highest BCUT2D eigenvalue weighted by atomic mass is 14.6. The van der Waals surface area contributed by atoms with Crippen molar-refractivity contribution in [3.8, 4) is 0 Å².